The Morgan fingerprint density at radius 3 is 2.80 bits per heavy atom. The molecule has 3 heteroatoms. The zero-order valence-corrected chi connectivity index (χ0v) is 9.57. The van der Waals surface area contributed by atoms with Gasteiger partial charge in [0.2, 0.25) is 0 Å². The number of halogens is 2. The fraction of sp³-hybridized carbons (Fsp3) is 0.333. The molecule has 0 atom stereocenters. The first kappa shape index (κ1) is 12.1. The van der Waals surface area contributed by atoms with Crippen LogP contribution in [0, 0.1) is 5.82 Å². The summed E-state index contributed by atoms with van der Waals surface area (Å²) in [5.41, 5.74) is 1.80. The van der Waals surface area contributed by atoms with Crippen LogP contribution in [0.5, 0.6) is 0 Å². The monoisotopic (exact) mass is 227 g/mol. The highest BCUT2D eigenvalue weighted by Gasteiger charge is 1.99. The lowest BCUT2D eigenvalue weighted by molar-refractivity contribution is 0.623. The third kappa shape index (κ3) is 4.34. The average Bonchev–Trinajstić information content (AvgIpc) is 2.14. The van der Waals surface area contributed by atoms with Crippen molar-refractivity contribution in [2.45, 2.75) is 26.3 Å². The topological polar surface area (TPSA) is 12.0 Å². The first-order chi connectivity index (χ1) is 7.11. The molecule has 0 aliphatic rings. The summed E-state index contributed by atoms with van der Waals surface area (Å²) in [5, 5.41) is 3.56. The van der Waals surface area contributed by atoms with Gasteiger partial charge in [-0.15, -0.1) is 0 Å². The van der Waals surface area contributed by atoms with Gasteiger partial charge in [0.25, 0.3) is 0 Å². The molecule has 0 aliphatic carbocycles. The van der Waals surface area contributed by atoms with E-state index in [-0.39, 0.29) is 5.82 Å². The lowest BCUT2D eigenvalue weighted by atomic mass is 10.2. The van der Waals surface area contributed by atoms with Crippen LogP contribution in [-0.2, 0) is 6.54 Å². The summed E-state index contributed by atoms with van der Waals surface area (Å²) in [4.78, 5) is 0. The molecule has 0 bridgehead atoms. The minimum Gasteiger partial charge on any atom is -0.385 e. The number of hydrogen-bond donors (Lipinski definition) is 1. The Labute approximate surface area is 95.0 Å². The van der Waals surface area contributed by atoms with E-state index in [0.29, 0.717) is 11.6 Å². The highest BCUT2D eigenvalue weighted by molar-refractivity contribution is 6.30. The van der Waals surface area contributed by atoms with Crippen LogP contribution >= 0.6 is 11.6 Å². The molecule has 0 radical (unpaired) electrons. The Bertz CT molecular complexity index is 329. The summed E-state index contributed by atoms with van der Waals surface area (Å²) in [6, 6.07) is 4.51. The average molecular weight is 228 g/mol. The lowest BCUT2D eigenvalue weighted by Gasteiger charge is -2.08. The van der Waals surface area contributed by atoms with Crippen LogP contribution < -0.4 is 5.32 Å². The van der Waals surface area contributed by atoms with Gasteiger partial charge in [-0.25, -0.2) is 4.39 Å². The molecule has 0 spiro atoms. The second-order valence-electron chi connectivity index (χ2n) is 3.48. The molecule has 0 unspecified atom stereocenters. The SMILES string of the molecule is C=C(CCC)NCc1cc(F)cc(Cl)c1. The normalized spacial score (nSPS) is 10.1. The van der Waals surface area contributed by atoms with Gasteiger partial charge >= 0.3 is 0 Å². The first-order valence-electron chi connectivity index (χ1n) is 4.98. The highest BCUT2D eigenvalue weighted by atomic mass is 35.5. The molecule has 0 fully saturated rings. The maximum absolute atomic E-state index is 13.0. The van der Waals surface area contributed by atoms with Crippen molar-refractivity contribution in [1.29, 1.82) is 0 Å². The minimum absolute atomic E-state index is 0.305. The molecule has 1 rings (SSSR count). The van der Waals surface area contributed by atoms with Gasteiger partial charge in [-0.1, -0.05) is 31.5 Å². The summed E-state index contributed by atoms with van der Waals surface area (Å²) in [5.74, 6) is -0.305. The van der Waals surface area contributed by atoms with E-state index in [1.807, 2.05) is 0 Å². The van der Waals surface area contributed by atoms with E-state index in [0.717, 1.165) is 24.1 Å². The Morgan fingerprint density at radius 1 is 1.47 bits per heavy atom. The van der Waals surface area contributed by atoms with Crippen LogP contribution in [0.3, 0.4) is 0 Å². The molecule has 1 N–H and O–H groups in total. The molecule has 1 aromatic rings. The lowest BCUT2D eigenvalue weighted by Crippen LogP contribution is -2.11. The maximum atomic E-state index is 13.0. The zero-order valence-electron chi connectivity index (χ0n) is 8.82. The highest BCUT2D eigenvalue weighted by Crippen LogP contribution is 2.14. The fourth-order valence-corrected chi connectivity index (χ4v) is 1.57. The van der Waals surface area contributed by atoms with Crippen LogP contribution in [0.1, 0.15) is 25.3 Å². The Hall–Kier alpha value is -1.02. The van der Waals surface area contributed by atoms with Crippen molar-refractivity contribution in [2.75, 3.05) is 0 Å². The molecule has 0 amide bonds. The third-order valence-corrected chi connectivity index (χ3v) is 2.23. The number of benzene rings is 1. The maximum Gasteiger partial charge on any atom is 0.125 e. The summed E-state index contributed by atoms with van der Waals surface area (Å²) in [6.07, 6.45) is 1.98. The molecule has 1 nitrogen and oxygen atoms in total. The second-order valence-corrected chi connectivity index (χ2v) is 3.92. The summed E-state index contributed by atoms with van der Waals surface area (Å²) >= 11 is 5.74. The van der Waals surface area contributed by atoms with Crippen molar-refractivity contribution in [3.8, 4) is 0 Å². The van der Waals surface area contributed by atoms with Crippen molar-refractivity contribution < 1.29 is 4.39 Å². The van der Waals surface area contributed by atoms with Crippen molar-refractivity contribution in [1.82, 2.24) is 5.32 Å². The quantitative estimate of drug-likeness (QED) is 0.805. The van der Waals surface area contributed by atoms with Crippen LogP contribution in [0.25, 0.3) is 0 Å². The van der Waals surface area contributed by atoms with E-state index < -0.39 is 0 Å². The Kier molecular flexibility index (Phi) is 4.63. The molecule has 1 aromatic carbocycles. The van der Waals surface area contributed by atoms with Gasteiger partial charge in [0.15, 0.2) is 0 Å². The van der Waals surface area contributed by atoms with E-state index in [1.165, 1.54) is 12.1 Å². The van der Waals surface area contributed by atoms with Gasteiger partial charge in [-0.05, 0) is 30.2 Å². The predicted octanol–water partition coefficient (Wildman–Crippen LogP) is 3.88. The molecule has 82 valence electrons. The Morgan fingerprint density at radius 2 is 2.20 bits per heavy atom. The largest absolute Gasteiger partial charge is 0.385 e. The van der Waals surface area contributed by atoms with E-state index in [2.05, 4.69) is 18.8 Å². The first-order valence-corrected chi connectivity index (χ1v) is 5.36. The standard InChI is InChI=1S/C12H15ClFN/c1-3-4-9(2)15-8-10-5-11(13)7-12(14)6-10/h5-7,15H,2-4,8H2,1H3. The zero-order chi connectivity index (χ0) is 11.3. The van der Waals surface area contributed by atoms with Crippen molar-refractivity contribution in [3.05, 3.63) is 46.9 Å². The summed E-state index contributed by atoms with van der Waals surface area (Å²) in [6.45, 7) is 6.52. The van der Waals surface area contributed by atoms with Crippen LogP contribution in [0.2, 0.25) is 5.02 Å². The van der Waals surface area contributed by atoms with Gasteiger partial charge in [0, 0.05) is 17.3 Å². The van der Waals surface area contributed by atoms with E-state index in [9.17, 15) is 4.39 Å². The van der Waals surface area contributed by atoms with Gasteiger partial charge in [0.05, 0.1) is 0 Å². The third-order valence-electron chi connectivity index (χ3n) is 2.02. The van der Waals surface area contributed by atoms with Gasteiger partial charge < -0.3 is 5.32 Å². The molecular weight excluding hydrogens is 213 g/mol. The van der Waals surface area contributed by atoms with E-state index in [4.69, 9.17) is 11.6 Å². The summed E-state index contributed by atoms with van der Waals surface area (Å²) in [7, 11) is 0. The predicted molar refractivity (Wildman–Crippen MR) is 62.3 cm³/mol. The van der Waals surface area contributed by atoms with Gasteiger partial charge in [-0.2, -0.15) is 0 Å². The molecule has 0 heterocycles. The summed E-state index contributed by atoms with van der Waals surface area (Å²) < 4.78 is 13.0. The Balaban J connectivity index is 2.54. The van der Waals surface area contributed by atoms with E-state index >= 15 is 0 Å². The van der Waals surface area contributed by atoms with Crippen LogP contribution in [0.4, 0.5) is 4.39 Å². The molecule has 15 heavy (non-hydrogen) atoms. The van der Waals surface area contributed by atoms with Gasteiger partial charge in [-0.3, -0.25) is 0 Å². The smallest absolute Gasteiger partial charge is 0.125 e. The number of hydrogen-bond acceptors (Lipinski definition) is 1. The minimum atomic E-state index is -0.305. The van der Waals surface area contributed by atoms with Crippen molar-refractivity contribution >= 4 is 11.6 Å². The molecule has 0 saturated carbocycles. The van der Waals surface area contributed by atoms with Crippen molar-refractivity contribution in [3.63, 3.8) is 0 Å². The van der Waals surface area contributed by atoms with E-state index in [1.54, 1.807) is 6.07 Å². The second kappa shape index (κ2) is 5.76. The molecule has 0 aliphatic heterocycles. The molecular formula is C12H15ClFN. The molecule has 0 saturated heterocycles. The molecule has 0 aromatic heterocycles. The number of nitrogens with one attached hydrogen (secondary N) is 1. The van der Waals surface area contributed by atoms with Crippen LogP contribution in [-0.4, -0.2) is 0 Å². The number of allylic oxidation sites excluding steroid dienone is 1. The van der Waals surface area contributed by atoms with Crippen LogP contribution in [0.15, 0.2) is 30.5 Å². The van der Waals surface area contributed by atoms with Crippen molar-refractivity contribution in [2.24, 2.45) is 0 Å². The number of rotatable bonds is 5. The fourth-order valence-electron chi connectivity index (χ4n) is 1.33. The van der Waals surface area contributed by atoms with Gasteiger partial charge in [0.1, 0.15) is 5.82 Å².